The minimum atomic E-state index is -5.08. The Morgan fingerprint density at radius 1 is 0.857 bits per heavy atom. The fourth-order valence-electron chi connectivity index (χ4n) is 6.77. The van der Waals surface area contributed by atoms with Crippen LogP contribution in [0, 0.1) is 5.41 Å². The van der Waals surface area contributed by atoms with E-state index >= 15 is 0 Å². The molecule has 0 saturated heterocycles. The number of nitrogens with two attached hydrogens (primary N) is 1. The molecule has 1 aliphatic heterocycles. The molecular formula is C43H62F3N5O12. The van der Waals surface area contributed by atoms with Gasteiger partial charge in [0.05, 0.1) is 58.9 Å². The van der Waals surface area contributed by atoms with Gasteiger partial charge in [-0.25, -0.2) is 9.59 Å². The van der Waals surface area contributed by atoms with Gasteiger partial charge in [-0.2, -0.15) is 13.2 Å². The maximum absolute atomic E-state index is 14.7. The molecule has 2 aliphatic rings. The van der Waals surface area contributed by atoms with Crippen molar-refractivity contribution < 1.29 is 71.0 Å². The molecule has 0 bridgehead atoms. The van der Waals surface area contributed by atoms with Crippen molar-refractivity contribution in [3.05, 3.63) is 64.7 Å². The highest BCUT2D eigenvalue weighted by atomic mass is 19.4. The van der Waals surface area contributed by atoms with E-state index in [0.717, 1.165) is 40.9 Å². The molecule has 2 unspecified atom stereocenters. The molecule has 63 heavy (non-hydrogen) atoms. The average molecular weight is 898 g/mol. The van der Waals surface area contributed by atoms with Gasteiger partial charge in [0.25, 0.3) is 0 Å². The third-order valence-electron chi connectivity index (χ3n) is 10.4. The van der Waals surface area contributed by atoms with E-state index in [1.54, 1.807) is 4.90 Å². The summed E-state index contributed by atoms with van der Waals surface area (Å²) < 4.78 is 59.6. The van der Waals surface area contributed by atoms with Crippen LogP contribution in [0.1, 0.15) is 68.8 Å². The monoisotopic (exact) mass is 897 g/mol. The summed E-state index contributed by atoms with van der Waals surface area (Å²) >= 11 is 0. The zero-order valence-electron chi connectivity index (χ0n) is 36.5. The first-order valence-electron chi connectivity index (χ1n) is 20.8. The highest BCUT2D eigenvalue weighted by Crippen LogP contribution is 2.33. The fraction of sp³-hybridized carbons (Fsp3) is 0.605. The molecule has 4 amide bonds. The number of aliphatic carboxylic acids is 1. The van der Waals surface area contributed by atoms with Gasteiger partial charge in [-0.15, -0.1) is 0 Å². The van der Waals surface area contributed by atoms with Gasteiger partial charge in [0.1, 0.15) is 30.5 Å². The maximum atomic E-state index is 14.7. The molecule has 0 radical (unpaired) electrons. The number of aryl methyl sites for hydroxylation is 1. The molecule has 1 aliphatic carbocycles. The average Bonchev–Trinajstić information content (AvgIpc) is 3.23. The largest absolute Gasteiger partial charge is 0.491 e. The van der Waals surface area contributed by atoms with Crippen molar-refractivity contribution in [3.63, 3.8) is 0 Å². The number of halogens is 3. The molecule has 20 heteroatoms. The van der Waals surface area contributed by atoms with Crippen molar-refractivity contribution in [2.24, 2.45) is 11.1 Å². The zero-order chi connectivity index (χ0) is 46.7. The summed E-state index contributed by atoms with van der Waals surface area (Å²) in [6, 6.07) is 10.6. The number of benzene rings is 2. The van der Waals surface area contributed by atoms with Crippen LogP contribution < -0.4 is 21.1 Å². The number of rotatable bonds is 21. The second kappa shape index (κ2) is 25.3. The number of carbonyl (C=O) groups excluding carboxylic acids is 3. The second-order valence-corrected chi connectivity index (χ2v) is 16.0. The first kappa shape index (κ1) is 52.3. The Bertz CT molecular complexity index is 1810. The number of carboxylic acids is 1. The van der Waals surface area contributed by atoms with E-state index in [1.807, 2.05) is 57.2 Å². The van der Waals surface area contributed by atoms with Crippen molar-refractivity contribution >= 4 is 29.8 Å². The summed E-state index contributed by atoms with van der Waals surface area (Å²) in [7, 11) is 1.30. The molecule has 2 aromatic carbocycles. The Morgan fingerprint density at radius 2 is 1.43 bits per heavy atom. The summed E-state index contributed by atoms with van der Waals surface area (Å²) in [5, 5.41) is 22.7. The molecule has 0 fully saturated rings. The number of ether oxygens (including phenoxy) is 5. The first-order chi connectivity index (χ1) is 29.8. The van der Waals surface area contributed by atoms with Gasteiger partial charge in [-0.05, 0) is 66.0 Å². The van der Waals surface area contributed by atoms with Gasteiger partial charge in [0, 0.05) is 26.6 Å². The molecule has 352 valence electrons. The smallest absolute Gasteiger partial charge is 0.490 e. The predicted molar refractivity (Wildman–Crippen MR) is 223 cm³/mol. The third-order valence-corrected chi connectivity index (χ3v) is 10.4. The zero-order valence-corrected chi connectivity index (χ0v) is 36.5. The lowest BCUT2D eigenvalue weighted by Crippen LogP contribution is -2.62. The number of amides is 4. The third kappa shape index (κ3) is 16.9. The van der Waals surface area contributed by atoms with Gasteiger partial charge in [0.15, 0.2) is 0 Å². The quantitative estimate of drug-likeness (QED) is 0.113. The highest BCUT2D eigenvalue weighted by molar-refractivity contribution is 5.94. The molecule has 2 aromatic rings. The Kier molecular flexibility index (Phi) is 21.0. The molecule has 17 nitrogen and oxygen atoms in total. The molecule has 4 atom stereocenters. The van der Waals surface area contributed by atoms with Gasteiger partial charge < -0.3 is 55.2 Å². The standard InChI is InChI=1S/C41H61N5O10.C2HF3O2/c1-28(45(5)40(50)51)37(47)44-36(41(2,3)4)39(49)46-27-31-25-32(56-24-23-55-22-21-54-20-19-53-18-17-52-16-15-42)14-13-30(31)26-35(46)38(48)43-34-12-8-10-29-9-6-7-11-33(29)34;3-2(4,5)1(6)7/h6-7,9,11,13-14,25,28,34-36H,8,10,12,15-24,26-27,42H2,1-5H3,(H,43,48)(H,44,47)(H,50,51);(H,6,7)/t28?,34-,35+,36?;/m1./s1. The SMILES string of the molecule is CC(C(=O)NC(C(=O)N1Cc2cc(OCCOCCOCCOCCOCCN)ccc2C[C@H]1C(=O)N[C@@H]1CCCc2ccccc21)C(C)(C)C)N(C)C(=O)O.O=C(O)C(F)(F)F. The van der Waals surface area contributed by atoms with E-state index in [9.17, 15) is 37.5 Å². The molecule has 0 spiro atoms. The van der Waals surface area contributed by atoms with Crippen molar-refractivity contribution in [2.45, 2.75) is 90.3 Å². The molecule has 0 aromatic heterocycles. The summed E-state index contributed by atoms with van der Waals surface area (Å²) in [4.78, 5) is 65.2. The van der Waals surface area contributed by atoms with E-state index in [2.05, 4.69) is 16.7 Å². The first-order valence-corrected chi connectivity index (χ1v) is 20.8. The van der Waals surface area contributed by atoms with Crippen LogP contribution in [-0.4, -0.2) is 147 Å². The van der Waals surface area contributed by atoms with Crippen LogP contribution in [0.4, 0.5) is 18.0 Å². The summed E-state index contributed by atoms with van der Waals surface area (Å²) in [6.07, 6.45) is -3.42. The molecule has 6 N–H and O–H groups in total. The van der Waals surface area contributed by atoms with Crippen LogP contribution in [0.25, 0.3) is 0 Å². The van der Waals surface area contributed by atoms with Crippen LogP contribution in [-0.2, 0) is 57.5 Å². The van der Waals surface area contributed by atoms with E-state index < -0.39 is 53.6 Å². The van der Waals surface area contributed by atoms with Gasteiger partial charge in [-0.3, -0.25) is 19.3 Å². The van der Waals surface area contributed by atoms with E-state index in [1.165, 1.54) is 19.5 Å². The number of hydrogen-bond acceptors (Lipinski definition) is 11. The number of alkyl halides is 3. The van der Waals surface area contributed by atoms with E-state index in [4.69, 9.17) is 39.3 Å². The van der Waals surface area contributed by atoms with Crippen LogP contribution >= 0.6 is 0 Å². The molecular weight excluding hydrogens is 835 g/mol. The van der Waals surface area contributed by atoms with Crippen LogP contribution in [0.2, 0.25) is 0 Å². The van der Waals surface area contributed by atoms with E-state index in [0.29, 0.717) is 71.8 Å². The van der Waals surface area contributed by atoms with Gasteiger partial charge in [0.2, 0.25) is 17.7 Å². The number of nitrogens with one attached hydrogen (secondary N) is 2. The Hall–Kier alpha value is -5.02. The number of likely N-dealkylation sites (N-methyl/N-ethyl adjacent to an activating group) is 1. The lowest BCUT2D eigenvalue weighted by Gasteiger charge is -2.42. The topological polar surface area (TPSA) is 229 Å². The Labute approximate surface area is 365 Å². The van der Waals surface area contributed by atoms with Crippen LogP contribution in [0.3, 0.4) is 0 Å². The minimum absolute atomic E-state index is 0.107. The highest BCUT2D eigenvalue weighted by Gasteiger charge is 2.43. The summed E-state index contributed by atoms with van der Waals surface area (Å²) in [6.45, 7) is 11.4. The number of hydrogen-bond donors (Lipinski definition) is 5. The van der Waals surface area contributed by atoms with Crippen LogP contribution in [0.5, 0.6) is 5.75 Å². The summed E-state index contributed by atoms with van der Waals surface area (Å²) in [5.41, 5.74) is 8.63. The molecule has 4 rings (SSSR count). The van der Waals surface area contributed by atoms with Gasteiger partial charge in [-0.1, -0.05) is 51.1 Å². The van der Waals surface area contributed by atoms with Crippen LogP contribution in [0.15, 0.2) is 42.5 Å². The van der Waals surface area contributed by atoms with Gasteiger partial charge >= 0.3 is 18.2 Å². The number of carboxylic acid groups (broad SMARTS) is 2. The summed E-state index contributed by atoms with van der Waals surface area (Å²) in [5.74, 6) is -3.48. The second-order valence-electron chi connectivity index (χ2n) is 16.0. The maximum Gasteiger partial charge on any atom is 0.490 e. The van der Waals surface area contributed by atoms with Crippen molar-refractivity contribution in [2.75, 3.05) is 73.1 Å². The lowest BCUT2D eigenvalue weighted by atomic mass is 9.83. The van der Waals surface area contributed by atoms with Crippen molar-refractivity contribution in [3.8, 4) is 5.75 Å². The number of nitrogens with zero attached hydrogens (tertiary/aromatic N) is 2. The normalized spacial score (nSPS) is 16.9. The van der Waals surface area contributed by atoms with E-state index in [-0.39, 0.29) is 24.9 Å². The van der Waals surface area contributed by atoms with Crippen molar-refractivity contribution in [1.82, 2.24) is 20.4 Å². The van der Waals surface area contributed by atoms with Crippen molar-refractivity contribution in [1.29, 1.82) is 0 Å². The fourth-order valence-corrected chi connectivity index (χ4v) is 6.77. The Balaban J connectivity index is 0.00000139. The number of fused-ring (bicyclic) bond motifs is 2. The Morgan fingerprint density at radius 3 is 1.98 bits per heavy atom. The number of carbonyl (C=O) groups is 5. The predicted octanol–water partition coefficient (Wildman–Crippen LogP) is 3.70. The lowest BCUT2D eigenvalue weighted by molar-refractivity contribution is -0.192. The minimum Gasteiger partial charge on any atom is -0.491 e. The molecule has 1 heterocycles. The molecule has 0 saturated carbocycles.